The highest BCUT2D eigenvalue weighted by molar-refractivity contribution is 7.80. The van der Waals surface area contributed by atoms with Crippen molar-refractivity contribution in [1.29, 1.82) is 0 Å². The van der Waals surface area contributed by atoms with E-state index in [1.807, 2.05) is 30.3 Å². The minimum Gasteiger partial charge on any atom is -0.495 e. The van der Waals surface area contributed by atoms with Crippen LogP contribution in [0.1, 0.15) is 41.6 Å². The summed E-state index contributed by atoms with van der Waals surface area (Å²) in [5.74, 6) is -0.781. The van der Waals surface area contributed by atoms with E-state index < -0.39 is 11.4 Å². The van der Waals surface area contributed by atoms with Crippen LogP contribution >= 0.6 is 12.2 Å². The third kappa shape index (κ3) is 3.99. The molecule has 3 rings (SSSR count). The summed E-state index contributed by atoms with van der Waals surface area (Å²) in [7, 11) is 1.48. The lowest BCUT2D eigenvalue weighted by atomic mass is 9.78. The molecule has 1 amide bonds. The number of carboxylic acid groups (broad SMARTS) is 1. The van der Waals surface area contributed by atoms with Gasteiger partial charge in [-0.25, -0.2) is 4.79 Å². The van der Waals surface area contributed by atoms with Gasteiger partial charge in [-0.15, -0.1) is 0 Å². The summed E-state index contributed by atoms with van der Waals surface area (Å²) < 4.78 is 5.25. The Bertz CT molecular complexity index is 893. The van der Waals surface area contributed by atoms with Crippen molar-refractivity contribution in [2.75, 3.05) is 12.4 Å². The number of amides is 1. The highest BCUT2D eigenvalue weighted by Crippen LogP contribution is 2.41. The maximum absolute atomic E-state index is 13.1. The summed E-state index contributed by atoms with van der Waals surface area (Å²) in [6.07, 6.45) is 3.50. The van der Waals surface area contributed by atoms with Crippen LogP contribution < -0.4 is 15.4 Å². The van der Waals surface area contributed by atoms with Gasteiger partial charge in [0.2, 0.25) is 5.91 Å². The van der Waals surface area contributed by atoms with Crippen molar-refractivity contribution in [3.8, 4) is 5.75 Å². The summed E-state index contributed by atoms with van der Waals surface area (Å²) in [6.45, 7) is 0. The molecule has 0 heterocycles. The molecule has 0 atom stereocenters. The Balaban J connectivity index is 1.78. The lowest BCUT2D eigenvalue weighted by Crippen LogP contribution is -2.46. The molecule has 2 aromatic rings. The molecule has 1 aliphatic rings. The van der Waals surface area contributed by atoms with E-state index >= 15 is 0 Å². The van der Waals surface area contributed by atoms with Crippen LogP contribution in [0.5, 0.6) is 5.75 Å². The van der Waals surface area contributed by atoms with Gasteiger partial charge in [-0.05, 0) is 48.8 Å². The number of ether oxygens (including phenoxy) is 1. The Morgan fingerprint density at radius 1 is 1.11 bits per heavy atom. The molecule has 0 bridgehead atoms. The topological polar surface area (TPSA) is 87.7 Å². The number of anilines is 1. The second kappa shape index (κ2) is 8.39. The van der Waals surface area contributed by atoms with Crippen LogP contribution in [0.2, 0.25) is 0 Å². The van der Waals surface area contributed by atoms with E-state index in [2.05, 4.69) is 10.6 Å². The van der Waals surface area contributed by atoms with Crippen LogP contribution in [0.4, 0.5) is 5.69 Å². The standard InChI is InChI=1S/C21H22N2O4S/c1-27-17-10-9-14(18(24)25)13-16(17)22-20(28)23-19(26)21(11-5-6-12-21)15-7-3-2-4-8-15/h2-4,7-10,13H,5-6,11-12H2,1H3,(H,24,25)(H2,22,23,26,28). The van der Waals surface area contributed by atoms with E-state index in [1.165, 1.54) is 19.2 Å². The predicted octanol–water partition coefficient (Wildman–Crippen LogP) is 3.72. The summed E-state index contributed by atoms with van der Waals surface area (Å²) in [5, 5.41) is 15.0. The van der Waals surface area contributed by atoms with Crippen LogP contribution in [-0.2, 0) is 10.2 Å². The number of rotatable bonds is 5. The van der Waals surface area contributed by atoms with Crippen LogP contribution in [-0.4, -0.2) is 29.2 Å². The third-order valence-electron chi connectivity index (χ3n) is 5.14. The number of carboxylic acids is 1. The van der Waals surface area contributed by atoms with Gasteiger partial charge in [0.25, 0.3) is 0 Å². The molecule has 1 saturated carbocycles. The van der Waals surface area contributed by atoms with E-state index in [0.29, 0.717) is 11.4 Å². The molecule has 0 radical (unpaired) electrons. The first-order valence-corrected chi connectivity index (χ1v) is 9.46. The highest BCUT2D eigenvalue weighted by Gasteiger charge is 2.42. The molecule has 1 aliphatic carbocycles. The molecule has 3 N–H and O–H groups in total. The Morgan fingerprint density at radius 2 is 1.79 bits per heavy atom. The number of benzene rings is 2. The quantitative estimate of drug-likeness (QED) is 0.666. The first-order valence-electron chi connectivity index (χ1n) is 9.05. The Hall–Kier alpha value is -2.93. The molecule has 6 nitrogen and oxygen atoms in total. The molecule has 0 unspecified atom stereocenters. The first-order chi connectivity index (χ1) is 13.5. The van der Waals surface area contributed by atoms with E-state index in [0.717, 1.165) is 31.2 Å². The number of methoxy groups -OCH3 is 1. The number of carbonyl (C=O) groups excluding carboxylic acids is 1. The van der Waals surface area contributed by atoms with Gasteiger partial charge in [0.15, 0.2) is 5.11 Å². The van der Waals surface area contributed by atoms with E-state index in [1.54, 1.807) is 6.07 Å². The molecular formula is C21H22N2O4S. The van der Waals surface area contributed by atoms with Gasteiger partial charge in [0.1, 0.15) is 5.75 Å². The minimum absolute atomic E-state index is 0.0916. The molecular weight excluding hydrogens is 376 g/mol. The minimum atomic E-state index is -1.06. The van der Waals surface area contributed by atoms with Gasteiger partial charge in [-0.1, -0.05) is 43.2 Å². The molecule has 7 heteroatoms. The maximum atomic E-state index is 13.1. The zero-order valence-electron chi connectivity index (χ0n) is 15.5. The normalized spacial score (nSPS) is 14.9. The average molecular weight is 398 g/mol. The number of hydrogen-bond acceptors (Lipinski definition) is 4. The lowest BCUT2D eigenvalue weighted by Gasteiger charge is -2.28. The zero-order valence-corrected chi connectivity index (χ0v) is 16.3. The summed E-state index contributed by atoms with van der Waals surface area (Å²) in [4.78, 5) is 24.4. The van der Waals surface area contributed by atoms with Crippen molar-refractivity contribution in [2.24, 2.45) is 0 Å². The van der Waals surface area contributed by atoms with Crippen molar-refractivity contribution in [3.63, 3.8) is 0 Å². The fourth-order valence-corrected chi connectivity index (χ4v) is 3.90. The van der Waals surface area contributed by atoms with Gasteiger partial charge < -0.3 is 20.5 Å². The van der Waals surface area contributed by atoms with Gasteiger partial charge in [-0.3, -0.25) is 4.79 Å². The van der Waals surface area contributed by atoms with Crippen LogP contribution in [0.15, 0.2) is 48.5 Å². The third-order valence-corrected chi connectivity index (χ3v) is 5.34. The van der Waals surface area contributed by atoms with Crippen LogP contribution in [0, 0.1) is 0 Å². The fourth-order valence-electron chi connectivity index (χ4n) is 3.70. The van der Waals surface area contributed by atoms with Crippen LogP contribution in [0.25, 0.3) is 0 Å². The number of carbonyl (C=O) groups is 2. The van der Waals surface area contributed by atoms with Gasteiger partial charge in [0, 0.05) is 0 Å². The van der Waals surface area contributed by atoms with Crippen LogP contribution in [0.3, 0.4) is 0 Å². The second-order valence-corrected chi connectivity index (χ2v) is 7.19. The van der Waals surface area contributed by atoms with E-state index in [4.69, 9.17) is 17.0 Å². The fraction of sp³-hybridized carbons (Fsp3) is 0.286. The summed E-state index contributed by atoms with van der Waals surface area (Å²) >= 11 is 5.32. The Kier molecular flexibility index (Phi) is 5.94. The van der Waals surface area contributed by atoms with Crippen molar-refractivity contribution < 1.29 is 19.4 Å². The monoisotopic (exact) mass is 398 g/mol. The number of nitrogens with one attached hydrogen (secondary N) is 2. The number of hydrogen-bond donors (Lipinski definition) is 3. The molecule has 1 fully saturated rings. The Labute approximate surface area is 168 Å². The van der Waals surface area contributed by atoms with Gasteiger partial charge in [0.05, 0.1) is 23.8 Å². The molecule has 0 spiro atoms. The molecule has 28 heavy (non-hydrogen) atoms. The van der Waals surface area contributed by atoms with Gasteiger partial charge in [-0.2, -0.15) is 0 Å². The smallest absolute Gasteiger partial charge is 0.335 e. The highest BCUT2D eigenvalue weighted by atomic mass is 32.1. The van der Waals surface area contributed by atoms with Crippen molar-refractivity contribution in [1.82, 2.24) is 5.32 Å². The number of thiocarbonyl (C=S) groups is 1. The molecule has 146 valence electrons. The SMILES string of the molecule is COc1ccc(C(=O)O)cc1NC(=S)NC(=O)C1(c2ccccc2)CCCC1. The van der Waals surface area contributed by atoms with Crippen molar-refractivity contribution in [2.45, 2.75) is 31.1 Å². The van der Waals surface area contributed by atoms with Crippen molar-refractivity contribution >= 4 is 34.9 Å². The largest absolute Gasteiger partial charge is 0.495 e. The molecule has 2 aromatic carbocycles. The first kappa shape index (κ1) is 19.8. The number of aromatic carboxylic acids is 1. The van der Waals surface area contributed by atoms with E-state index in [-0.39, 0.29) is 16.6 Å². The molecule has 0 aromatic heterocycles. The summed E-state index contributed by atoms with van der Waals surface area (Å²) in [5.41, 5.74) is 0.861. The average Bonchev–Trinajstić information content (AvgIpc) is 3.19. The molecule has 0 saturated heterocycles. The predicted molar refractivity (Wildman–Crippen MR) is 111 cm³/mol. The Morgan fingerprint density at radius 3 is 2.39 bits per heavy atom. The maximum Gasteiger partial charge on any atom is 0.335 e. The van der Waals surface area contributed by atoms with E-state index in [9.17, 15) is 14.7 Å². The van der Waals surface area contributed by atoms with Crippen molar-refractivity contribution in [3.05, 3.63) is 59.7 Å². The lowest BCUT2D eigenvalue weighted by molar-refractivity contribution is -0.125. The molecule has 0 aliphatic heterocycles. The summed E-state index contributed by atoms with van der Waals surface area (Å²) in [6, 6.07) is 14.1. The van der Waals surface area contributed by atoms with Gasteiger partial charge >= 0.3 is 5.97 Å². The zero-order chi connectivity index (χ0) is 20.1. The second-order valence-electron chi connectivity index (χ2n) is 6.78.